The molecule has 0 bridgehead atoms. The summed E-state index contributed by atoms with van der Waals surface area (Å²) in [5, 5.41) is 9.24. The molecule has 0 radical (unpaired) electrons. The Morgan fingerprint density at radius 2 is 1.97 bits per heavy atom. The molecule has 1 aromatic carbocycles. The Bertz CT molecular complexity index is 884. The highest BCUT2D eigenvalue weighted by Gasteiger charge is 2.31. The lowest BCUT2D eigenvalue weighted by Crippen LogP contribution is -2.37. The van der Waals surface area contributed by atoms with E-state index in [0.29, 0.717) is 30.9 Å². The van der Waals surface area contributed by atoms with Crippen LogP contribution in [0.25, 0.3) is 11.5 Å². The summed E-state index contributed by atoms with van der Waals surface area (Å²) in [4.78, 5) is 16.0. The van der Waals surface area contributed by atoms with E-state index in [4.69, 9.17) is 18.9 Å². The Morgan fingerprint density at radius 1 is 1.25 bits per heavy atom. The Morgan fingerprint density at radius 3 is 2.59 bits per heavy atom. The number of carbonyl (C=O) groups is 1. The van der Waals surface area contributed by atoms with Gasteiger partial charge in [0.15, 0.2) is 5.60 Å². The normalized spacial score (nSPS) is 19.4. The van der Waals surface area contributed by atoms with Crippen molar-refractivity contribution in [2.45, 2.75) is 91.0 Å². The summed E-state index contributed by atoms with van der Waals surface area (Å²) in [6.45, 7) is 10.5. The molecule has 2 atom stereocenters. The zero-order valence-corrected chi connectivity index (χ0v) is 20.0. The van der Waals surface area contributed by atoms with E-state index in [2.05, 4.69) is 45.0 Å². The summed E-state index contributed by atoms with van der Waals surface area (Å²) < 4.78 is 17.9. The number of carboxylic acids is 1. The Kier molecular flexibility index (Phi) is 8.12. The highest BCUT2D eigenvalue weighted by molar-refractivity contribution is 5.76. The molecule has 176 valence electrons. The predicted octanol–water partition coefficient (Wildman–Crippen LogP) is 5.98. The molecule has 1 aliphatic rings. The molecule has 1 aliphatic carbocycles. The molecule has 6 heteroatoms. The maximum atomic E-state index is 11.3. The molecule has 1 heterocycles. The molecule has 2 aromatic rings. The summed E-state index contributed by atoms with van der Waals surface area (Å²) in [6.07, 6.45) is 4.86. The van der Waals surface area contributed by atoms with Crippen LogP contribution in [0.3, 0.4) is 0 Å². The number of oxazole rings is 1. The maximum Gasteiger partial charge on any atom is 0.335 e. The third-order valence-electron chi connectivity index (χ3n) is 6.31. The molecule has 0 saturated heterocycles. The first-order valence-electron chi connectivity index (χ1n) is 11.8. The lowest BCUT2D eigenvalue weighted by molar-refractivity contribution is -0.163. The van der Waals surface area contributed by atoms with Crippen molar-refractivity contribution in [3.8, 4) is 11.5 Å². The van der Waals surface area contributed by atoms with Gasteiger partial charge in [-0.2, -0.15) is 0 Å². The second-order valence-corrected chi connectivity index (χ2v) is 9.61. The largest absolute Gasteiger partial charge is 0.479 e. The van der Waals surface area contributed by atoms with Crippen molar-refractivity contribution < 1.29 is 23.8 Å². The number of ether oxygens (including phenoxy) is 2. The average molecular weight is 444 g/mol. The van der Waals surface area contributed by atoms with Crippen molar-refractivity contribution in [2.75, 3.05) is 6.61 Å². The quantitative estimate of drug-likeness (QED) is 0.486. The minimum atomic E-state index is -1.16. The molecule has 1 N–H and O–H groups in total. The van der Waals surface area contributed by atoms with E-state index in [0.717, 1.165) is 49.1 Å². The number of hydrogen-bond donors (Lipinski definition) is 1. The van der Waals surface area contributed by atoms with E-state index in [1.165, 1.54) is 5.56 Å². The minimum absolute atomic E-state index is 0.125. The highest BCUT2D eigenvalue weighted by atomic mass is 16.5. The van der Waals surface area contributed by atoms with Crippen molar-refractivity contribution in [1.82, 2.24) is 4.98 Å². The second kappa shape index (κ2) is 10.6. The van der Waals surface area contributed by atoms with Crippen LogP contribution in [0.15, 0.2) is 28.7 Å². The molecular formula is C26H37NO5. The van der Waals surface area contributed by atoms with Crippen LogP contribution in [0.4, 0.5) is 0 Å². The van der Waals surface area contributed by atoms with Crippen LogP contribution in [-0.2, 0) is 27.3 Å². The van der Waals surface area contributed by atoms with E-state index in [9.17, 15) is 9.90 Å². The van der Waals surface area contributed by atoms with Gasteiger partial charge in [-0.15, -0.1) is 0 Å². The molecule has 1 saturated carbocycles. The fraction of sp³-hybridized carbons (Fsp3) is 0.615. The molecule has 0 aliphatic heterocycles. The molecule has 0 amide bonds. The van der Waals surface area contributed by atoms with E-state index in [-0.39, 0.29) is 6.10 Å². The fourth-order valence-electron chi connectivity index (χ4n) is 4.04. The van der Waals surface area contributed by atoms with Gasteiger partial charge in [0, 0.05) is 12.0 Å². The van der Waals surface area contributed by atoms with Crippen LogP contribution in [0.2, 0.25) is 0 Å². The Hall–Kier alpha value is -2.18. The van der Waals surface area contributed by atoms with Crippen molar-refractivity contribution >= 4 is 5.97 Å². The molecular weight excluding hydrogens is 406 g/mol. The molecule has 3 rings (SSSR count). The summed E-state index contributed by atoms with van der Waals surface area (Å²) in [7, 11) is 0. The van der Waals surface area contributed by atoms with Crippen molar-refractivity contribution in [3.63, 3.8) is 0 Å². The average Bonchev–Trinajstić information content (AvgIpc) is 3.20. The lowest BCUT2D eigenvalue weighted by Gasteiger charge is -2.31. The van der Waals surface area contributed by atoms with Gasteiger partial charge in [-0.1, -0.05) is 39.3 Å². The zero-order valence-electron chi connectivity index (χ0n) is 20.0. The first kappa shape index (κ1) is 24.5. The number of hydrogen-bond acceptors (Lipinski definition) is 5. The number of aryl methyl sites for hydroxylation is 1. The molecule has 0 spiro atoms. The van der Waals surface area contributed by atoms with E-state index < -0.39 is 11.6 Å². The lowest BCUT2D eigenvalue weighted by atomic mass is 9.87. The van der Waals surface area contributed by atoms with Gasteiger partial charge in [0.05, 0.1) is 19.3 Å². The van der Waals surface area contributed by atoms with Crippen molar-refractivity contribution in [2.24, 2.45) is 5.92 Å². The molecule has 1 fully saturated rings. The zero-order chi connectivity index (χ0) is 23.3. The summed E-state index contributed by atoms with van der Waals surface area (Å²) in [5.74, 6) is 1.37. The first-order chi connectivity index (χ1) is 15.2. The number of rotatable bonds is 10. The predicted molar refractivity (Wildman–Crippen MR) is 124 cm³/mol. The van der Waals surface area contributed by atoms with Crippen molar-refractivity contribution in [3.05, 3.63) is 41.3 Å². The van der Waals surface area contributed by atoms with Crippen LogP contribution < -0.4 is 0 Å². The number of aromatic nitrogens is 1. The van der Waals surface area contributed by atoms with Gasteiger partial charge in [-0.3, -0.25) is 0 Å². The standard InChI is InChI=1S/C26H37NO5/c1-6-23-22(27-24(32-23)20-12-10-19(11-13-20)17(2)3)16-30-21-9-7-8-18(14-21)15-31-26(4,5)25(28)29/h10-13,17-18,21H,6-9,14-16H2,1-5H3,(H,28,29). The number of carboxylic acid groups (broad SMARTS) is 1. The summed E-state index contributed by atoms with van der Waals surface area (Å²) in [6, 6.07) is 8.38. The fourth-order valence-corrected chi connectivity index (χ4v) is 4.04. The number of aliphatic carboxylic acids is 1. The van der Waals surface area contributed by atoms with Gasteiger partial charge in [0.2, 0.25) is 5.89 Å². The monoisotopic (exact) mass is 443 g/mol. The maximum absolute atomic E-state index is 11.3. The first-order valence-corrected chi connectivity index (χ1v) is 11.8. The van der Waals surface area contributed by atoms with Gasteiger partial charge >= 0.3 is 5.97 Å². The molecule has 32 heavy (non-hydrogen) atoms. The van der Waals surface area contributed by atoms with Gasteiger partial charge in [-0.25, -0.2) is 9.78 Å². The van der Waals surface area contributed by atoms with Crippen LogP contribution >= 0.6 is 0 Å². The minimum Gasteiger partial charge on any atom is -0.479 e. The third-order valence-corrected chi connectivity index (χ3v) is 6.31. The van der Waals surface area contributed by atoms with Crippen molar-refractivity contribution in [1.29, 1.82) is 0 Å². The van der Waals surface area contributed by atoms with Crippen LogP contribution in [-0.4, -0.2) is 34.4 Å². The second-order valence-electron chi connectivity index (χ2n) is 9.61. The Balaban J connectivity index is 1.58. The van der Waals surface area contributed by atoms with Crippen LogP contribution in [0.1, 0.15) is 83.2 Å². The smallest absolute Gasteiger partial charge is 0.335 e. The van der Waals surface area contributed by atoms with E-state index in [1.807, 2.05) is 0 Å². The third kappa shape index (κ3) is 6.20. The van der Waals surface area contributed by atoms with Gasteiger partial charge < -0.3 is 19.0 Å². The van der Waals surface area contributed by atoms with Gasteiger partial charge in [-0.05, 0) is 62.6 Å². The Labute approximate surface area is 191 Å². The molecule has 1 aromatic heterocycles. The van der Waals surface area contributed by atoms with Gasteiger partial charge in [0.25, 0.3) is 0 Å². The number of nitrogens with zero attached hydrogens (tertiary/aromatic N) is 1. The molecule has 6 nitrogen and oxygen atoms in total. The van der Waals surface area contributed by atoms with Crippen LogP contribution in [0, 0.1) is 5.92 Å². The van der Waals surface area contributed by atoms with Gasteiger partial charge in [0.1, 0.15) is 11.5 Å². The molecule has 2 unspecified atom stereocenters. The number of benzene rings is 1. The SMILES string of the molecule is CCc1oc(-c2ccc(C(C)C)cc2)nc1COC1CCCC(COC(C)(C)C(=O)O)C1. The highest BCUT2D eigenvalue weighted by Crippen LogP contribution is 2.30. The van der Waals surface area contributed by atoms with Crippen LogP contribution in [0.5, 0.6) is 0 Å². The summed E-state index contributed by atoms with van der Waals surface area (Å²) >= 11 is 0. The van der Waals surface area contributed by atoms with E-state index >= 15 is 0 Å². The topological polar surface area (TPSA) is 81.8 Å². The summed E-state index contributed by atoms with van der Waals surface area (Å²) in [5.41, 5.74) is 1.98. The van der Waals surface area contributed by atoms with E-state index in [1.54, 1.807) is 13.8 Å².